The average molecular weight is 523 g/mol. The highest BCUT2D eigenvalue weighted by atomic mass is 35.5. The van der Waals surface area contributed by atoms with Crippen molar-refractivity contribution in [3.8, 4) is 0 Å². The number of aryl methyl sites for hydroxylation is 2. The SMILES string of the molecule is CC(C)(C)OC(=O)NCCCn1cnc2c(Cl)ncnc21.NCCCn1cnc2c(Cl)ncnc21. The number of amides is 1. The molecule has 0 aliphatic heterocycles. The third kappa shape index (κ3) is 7.44. The van der Waals surface area contributed by atoms with Crippen molar-refractivity contribution in [2.24, 2.45) is 5.73 Å². The summed E-state index contributed by atoms with van der Waals surface area (Å²) in [6.45, 7) is 8.11. The molecule has 4 heterocycles. The molecule has 188 valence electrons. The number of nitrogens with zero attached hydrogens (tertiary/aromatic N) is 8. The average Bonchev–Trinajstić information content (AvgIpc) is 3.40. The zero-order chi connectivity index (χ0) is 25.4. The van der Waals surface area contributed by atoms with Crippen molar-refractivity contribution in [2.75, 3.05) is 13.1 Å². The molecule has 0 saturated carbocycles. The van der Waals surface area contributed by atoms with Crippen LogP contribution in [0.25, 0.3) is 22.3 Å². The lowest BCUT2D eigenvalue weighted by Crippen LogP contribution is -2.33. The Morgan fingerprint density at radius 1 is 0.914 bits per heavy atom. The number of carbonyl (C=O) groups is 1. The van der Waals surface area contributed by atoms with Crippen molar-refractivity contribution >= 4 is 51.6 Å². The van der Waals surface area contributed by atoms with E-state index in [9.17, 15) is 4.79 Å². The number of nitrogens with two attached hydrogens (primary N) is 1. The first-order valence-corrected chi connectivity index (χ1v) is 11.7. The molecule has 0 unspecified atom stereocenters. The Balaban J connectivity index is 0.000000211. The van der Waals surface area contributed by atoms with Gasteiger partial charge in [-0.05, 0) is 40.2 Å². The molecule has 0 aliphatic rings. The lowest BCUT2D eigenvalue weighted by Gasteiger charge is -2.19. The van der Waals surface area contributed by atoms with Gasteiger partial charge in [0.1, 0.15) is 29.3 Å². The summed E-state index contributed by atoms with van der Waals surface area (Å²) >= 11 is 11.8. The van der Waals surface area contributed by atoms with Crippen LogP contribution >= 0.6 is 23.2 Å². The van der Waals surface area contributed by atoms with Gasteiger partial charge in [-0.25, -0.2) is 34.7 Å². The summed E-state index contributed by atoms with van der Waals surface area (Å²) in [5, 5.41) is 3.44. The second kappa shape index (κ2) is 12.0. The Hall–Kier alpha value is -3.09. The quantitative estimate of drug-likeness (QED) is 0.275. The molecule has 0 aliphatic carbocycles. The molecular formula is C21H28Cl2N10O2. The molecule has 4 aromatic heterocycles. The Labute approximate surface area is 212 Å². The number of ether oxygens (including phenoxy) is 1. The minimum atomic E-state index is -0.488. The fourth-order valence-corrected chi connectivity index (χ4v) is 3.40. The molecule has 0 spiro atoms. The Morgan fingerprint density at radius 2 is 1.43 bits per heavy atom. The first-order chi connectivity index (χ1) is 16.7. The van der Waals surface area contributed by atoms with E-state index in [-0.39, 0.29) is 0 Å². The zero-order valence-electron chi connectivity index (χ0n) is 19.8. The van der Waals surface area contributed by atoms with Crippen LogP contribution in [0.5, 0.6) is 0 Å². The largest absolute Gasteiger partial charge is 0.444 e. The van der Waals surface area contributed by atoms with Gasteiger partial charge in [0, 0.05) is 19.6 Å². The smallest absolute Gasteiger partial charge is 0.407 e. The molecule has 14 heteroatoms. The second-order valence-electron chi connectivity index (χ2n) is 8.47. The highest BCUT2D eigenvalue weighted by Crippen LogP contribution is 2.18. The van der Waals surface area contributed by atoms with Crippen LogP contribution in [0.3, 0.4) is 0 Å². The maximum Gasteiger partial charge on any atom is 0.407 e. The first kappa shape index (κ1) is 26.5. The summed E-state index contributed by atoms with van der Waals surface area (Å²) in [4.78, 5) is 35.8. The third-order valence-corrected chi connectivity index (χ3v) is 5.11. The van der Waals surface area contributed by atoms with Crippen molar-refractivity contribution in [1.82, 2.24) is 44.4 Å². The van der Waals surface area contributed by atoms with Crippen molar-refractivity contribution in [2.45, 2.75) is 52.3 Å². The van der Waals surface area contributed by atoms with Crippen LogP contribution in [0, 0.1) is 0 Å². The Bertz CT molecular complexity index is 1270. The van der Waals surface area contributed by atoms with Crippen LogP contribution in [-0.2, 0) is 17.8 Å². The molecule has 0 bridgehead atoms. The summed E-state index contributed by atoms with van der Waals surface area (Å²) in [5.41, 5.74) is 7.62. The van der Waals surface area contributed by atoms with Gasteiger partial charge in [-0.3, -0.25) is 0 Å². The van der Waals surface area contributed by atoms with Crippen LogP contribution in [0.15, 0.2) is 25.3 Å². The van der Waals surface area contributed by atoms with Gasteiger partial charge in [-0.2, -0.15) is 0 Å². The number of imidazole rings is 2. The van der Waals surface area contributed by atoms with Crippen molar-refractivity contribution in [3.05, 3.63) is 35.6 Å². The van der Waals surface area contributed by atoms with Gasteiger partial charge in [0.25, 0.3) is 0 Å². The van der Waals surface area contributed by atoms with Gasteiger partial charge >= 0.3 is 6.09 Å². The number of hydrogen-bond acceptors (Lipinski definition) is 9. The van der Waals surface area contributed by atoms with Crippen molar-refractivity contribution < 1.29 is 9.53 Å². The predicted molar refractivity (Wildman–Crippen MR) is 133 cm³/mol. The number of aromatic nitrogens is 8. The van der Waals surface area contributed by atoms with Gasteiger partial charge in [0.05, 0.1) is 12.7 Å². The number of rotatable bonds is 7. The fraction of sp³-hybridized carbons (Fsp3) is 0.476. The van der Waals surface area contributed by atoms with E-state index in [0.717, 1.165) is 25.0 Å². The number of hydrogen-bond donors (Lipinski definition) is 2. The molecular weight excluding hydrogens is 495 g/mol. The molecule has 1 amide bonds. The summed E-state index contributed by atoms with van der Waals surface area (Å²) in [7, 11) is 0. The van der Waals surface area contributed by atoms with Crippen molar-refractivity contribution in [3.63, 3.8) is 0 Å². The van der Waals surface area contributed by atoms with Crippen LogP contribution in [-0.4, -0.2) is 63.8 Å². The molecule has 12 nitrogen and oxygen atoms in total. The standard InChI is InChI=1S/C13H18ClN5O2.C8H10ClN5/c1-13(2,3)21-12(20)15-5-4-6-19-8-18-9-10(14)16-7-17-11(9)19;9-7-6-8(12-4-11-7)14(5-13-6)3-1-2-10/h7-8H,4-6H2,1-3H3,(H,15,20);4-5H,1-3,10H2. The highest BCUT2D eigenvalue weighted by Gasteiger charge is 2.15. The van der Waals surface area contributed by atoms with E-state index in [2.05, 4.69) is 35.2 Å². The molecule has 3 N–H and O–H groups in total. The van der Waals surface area contributed by atoms with Gasteiger partial charge < -0.3 is 24.9 Å². The normalized spacial score (nSPS) is 11.4. The summed E-state index contributed by atoms with van der Waals surface area (Å²) in [5.74, 6) is 0. The van der Waals surface area contributed by atoms with E-state index >= 15 is 0 Å². The van der Waals surface area contributed by atoms with E-state index in [1.54, 1.807) is 12.7 Å². The fourth-order valence-electron chi connectivity index (χ4n) is 3.05. The third-order valence-electron chi connectivity index (χ3n) is 4.56. The summed E-state index contributed by atoms with van der Waals surface area (Å²) in [6, 6.07) is 0. The molecule has 4 rings (SSSR count). The summed E-state index contributed by atoms with van der Waals surface area (Å²) < 4.78 is 8.95. The number of carbonyl (C=O) groups excluding carboxylic acids is 1. The molecule has 0 fully saturated rings. The highest BCUT2D eigenvalue weighted by molar-refractivity contribution is 6.33. The van der Waals surface area contributed by atoms with Crippen LogP contribution < -0.4 is 11.1 Å². The maximum absolute atomic E-state index is 11.5. The molecule has 35 heavy (non-hydrogen) atoms. The van der Waals surface area contributed by atoms with Gasteiger partial charge in [0.2, 0.25) is 0 Å². The molecule has 0 atom stereocenters. The van der Waals surface area contributed by atoms with Crippen LogP contribution in [0.1, 0.15) is 33.6 Å². The lowest BCUT2D eigenvalue weighted by molar-refractivity contribution is 0.0526. The molecule has 0 saturated heterocycles. The van der Waals surface area contributed by atoms with Gasteiger partial charge in [-0.1, -0.05) is 23.2 Å². The number of nitrogens with one attached hydrogen (secondary N) is 1. The summed E-state index contributed by atoms with van der Waals surface area (Å²) in [6.07, 6.45) is 7.43. The first-order valence-electron chi connectivity index (χ1n) is 11.0. The lowest BCUT2D eigenvalue weighted by atomic mass is 10.2. The Kier molecular flexibility index (Phi) is 9.13. The second-order valence-corrected chi connectivity index (χ2v) is 9.19. The zero-order valence-corrected chi connectivity index (χ0v) is 21.3. The molecule has 0 aromatic carbocycles. The minimum absolute atomic E-state index is 0.339. The van der Waals surface area contributed by atoms with E-state index < -0.39 is 11.7 Å². The number of fused-ring (bicyclic) bond motifs is 2. The molecule has 0 radical (unpaired) electrons. The van der Waals surface area contributed by atoms with E-state index in [4.69, 9.17) is 33.7 Å². The predicted octanol–water partition coefficient (Wildman–Crippen LogP) is 3.22. The minimum Gasteiger partial charge on any atom is -0.444 e. The van der Waals surface area contributed by atoms with Crippen LogP contribution in [0.2, 0.25) is 10.3 Å². The molecule has 4 aromatic rings. The van der Waals surface area contributed by atoms with Crippen molar-refractivity contribution in [1.29, 1.82) is 0 Å². The maximum atomic E-state index is 11.5. The van der Waals surface area contributed by atoms with E-state index in [1.165, 1.54) is 12.7 Å². The number of alkyl carbamates (subject to hydrolysis) is 1. The topological polar surface area (TPSA) is 152 Å². The Morgan fingerprint density at radius 3 is 1.91 bits per heavy atom. The van der Waals surface area contributed by atoms with E-state index in [0.29, 0.717) is 46.6 Å². The van der Waals surface area contributed by atoms with Crippen LogP contribution in [0.4, 0.5) is 4.79 Å². The van der Waals surface area contributed by atoms with E-state index in [1.807, 2.05) is 29.9 Å². The monoisotopic (exact) mass is 522 g/mol. The number of halogens is 2. The van der Waals surface area contributed by atoms with Gasteiger partial charge in [-0.15, -0.1) is 0 Å². The van der Waals surface area contributed by atoms with Gasteiger partial charge in [0.15, 0.2) is 21.6 Å².